The first kappa shape index (κ1) is 39.6. The quantitative estimate of drug-likeness (QED) is 0.161. The average molecular weight is 771 g/mol. The summed E-state index contributed by atoms with van der Waals surface area (Å²) in [5.41, 5.74) is -3.94. The summed E-state index contributed by atoms with van der Waals surface area (Å²) in [6.45, 7) is 7.21. The van der Waals surface area contributed by atoms with Crippen LogP contribution in [-0.4, -0.2) is 111 Å². The summed E-state index contributed by atoms with van der Waals surface area (Å²) in [6.07, 6.45) is -2.15. The van der Waals surface area contributed by atoms with Crippen LogP contribution < -0.4 is 0 Å². The van der Waals surface area contributed by atoms with Crippen molar-refractivity contribution in [2.45, 2.75) is 152 Å². The number of aromatic hydroxyl groups is 3. The molecule has 5 aliphatic rings. The van der Waals surface area contributed by atoms with Crippen molar-refractivity contribution < 1.29 is 73.1 Å². The molecule has 7 rings (SSSR count). The Labute approximate surface area is 318 Å². The second-order valence-corrected chi connectivity index (χ2v) is 15.3. The van der Waals surface area contributed by atoms with Crippen molar-refractivity contribution in [1.29, 1.82) is 0 Å². The first-order chi connectivity index (χ1) is 26.2. The van der Waals surface area contributed by atoms with E-state index in [9.17, 15) is 39.9 Å². The Bertz CT molecular complexity index is 1830. The predicted octanol–water partition coefficient (Wildman–Crippen LogP) is 4.14. The van der Waals surface area contributed by atoms with Gasteiger partial charge in [0.15, 0.2) is 24.7 Å². The van der Waals surface area contributed by atoms with Crippen molar-refractivity contribution in [3.8, 4) is 17.2 Å². The maximum absolute atomic E-state index is 13.8. The zero-order valence-electron chi connectivity index (χ0n) is 31.6. The van der Waals surface area contributed by atoms with Gasteiger partial charge in [-0.1, -0.05) is 19.1 Å². The van der Waals surface area contributed by atoms with Crippen LogP contribution in [0.3, 0.4) is 0 Å². The van der Waals surface area contributed by atoms with Crippen molar-refractivity contribution in [2.24, 2.45) is 0 Å². The number of carbonyl (C=O) groups excluding carboxylic acids is 3. The highest BCUT2D eigenvalue weighted by Gasteiger charge is 2.55. The molecule has 0 amide bonds. The number of hydrogen-bond donors (Lipinski definition) is 5. The van der Waals surface area contributed by atoms with Crippen LogP contribution in [-0.2, 0) is 38.0 Å². The largest absolute Gasteiger partial charge is 0.507 e. The monoisotopic (exact) mass is 770 g/mol. The average Bonchev–Trinajstić information content (AvgIpc) is 3.15. The Morgan fingerprint density at radius 3 is 1.87 bits per heavy atom. The molecule has 3 aliphatic heterocycles. The van der Waals surface area contributed by atoms with Crippen molar-refractivity contribution in [2.75, 3.05) is 7.11 Å². The molecule has 0 aromatic heterocycles. The number of rotatable bonds is 8. The highest BCUT2D eigenvalue weighted by atomic mass is 16.7. The molecule has 55 heavy (non-hydrogen) atoms. The third-order valence-electron chi connectivity index (χ3n) is 12.0. The van der Waals surface area contributed by atoms with Gasteiger partial charge >= 0.3 is 5.97 Å². The number of carbonyl (C=O) groups is 3. The normalized spacial score (nSPS) is 36.1. The summed E-state index contributed by atoms with van der Waals surface area (Å²) in [4.78, 5) is 41.0. The van der Waals surface area contributed by atoms with Crippen LogP contribution in [0, 0.1) is 0 Å². The van der Waals surface area contributed by atoms with Gasteiger partial charge in [-0.2, -0.15) is 0 Å². The molecular weight excluding hydrogens is 720 g/mol. The van der Waals surface area contributed by atoms with Gasteiger partial charge in [-0.15, -0.1) is 0 Å². The molecule has 300 valence electrons. The van der Waals surface area contributed by atoms with E-state index in [4.69, 9.17) is 33.2 Å². The molecule has 3 heterocycles. The molecule has 2 aliphatic carbocycles. The van der Waals surface area contributed by atoms with Gasteiger partial charge in [0.05, 0.1) is 72.1 Å². The molecule has 15 nitrogen and oxygen atoms in total. The molecule has 0 unspecified atom stereocenters. The van der Waals surface area contributed by atoms with Gasteiger partial charge in [0, 0.05) is 42.4 Å². The van der Waals surface area contributed by atoms with E-state index >= 15 is 0 Å². The Hall–Kier alpha value is -3.67. The lowest BCUT2D eigenvalue weighted by molar-refractivity contribution is -0.306. The highest BCUT2D eigenvalue weighted by molar-refractivity contribution is 6.31. The van der Waals surface area contributed by atoms with Gasteiger partial charge < -0.3 is 58.7 Å². The van der Waals surface area contributed by atoms with Crippen LogP contribution in [0.1, 0.15) is 134 Å². The van der Waals surface area contributed by atoms with Crippen molar-refractivity contribution in [3.63, 3.8) is 0 Å². The van der Waals surface area contributed by atoms with Crippen LogP contribution in [0.4, 0.5) is 0 Å². The Morgan fingerprint density at radius 1 is 0.764 bits per heavy atom. The molecule has 3 saturated heterocycles. The number of aliphatic hydroxyl groups excluding tert-OH is 1. The maximum atomic E-state index is 13.8. The second-order valence-electron chi connectivity index (χ2n) is 15.3. The minimum atomic E-state index is -1.87. The molecule has 2 aromatic carbocycles. The number of esters is 1. The summed E-state index contributed by atoms with van der Waals surface area (Å²) < 4.78 is 42.3. The Morgan fingerprint density at radius 2 is 1.31 bits per heavy atom. The van der Waals surface area contributed by atoms with E-state index in [0.717, 1.165) is 7.11 Å². The van der Waals surface area contributed by atoms with E-state index in [0.29, 0.717) is 38.5 Å². The number of ether oxygens (including phenoxy) is 7. The van der Waals surface area contributed by atoms with Crippen molar-refractivity contribution >= 4 is 17.5 Å². The third kappa shape index (κ3) is 7.03. The Balaban J connectivity index is 1.09. The second kappa shape index (κ2) is 15.3. The first-order valence-electron chi connectivity index (χ1n) is 19.1. The van der Waals surface area contributed by atoms with E-state index < -0.39 is 94.6 Å². The van der Waals surface area contributed by atoms with Crippen LogP contribution >= 0.6 is 0 Å². The van der Waals surface area contributed by atoms with E-state index in [1.54, 1.807) is 6.92 Å². The van der Waals surface area contributed by atoms with E-state index in [1.807, 2.05) is 20.8 Å². The first-order valence-corrected chi connectivity index (χ1v) is 19.1. The zero-order valence-corrected chi connectivity index (χ0v) is 31.6. The van der Waals surface area contributed by atoms with Gasteiger partial charge in [0.1, 0.15) is 23.2 Å². The van der Waals surface area contributed by atoms with E-state index in [1.165, 1.54) is 18.2 Å². The van der Waals surface area contributed by atoms with Crippen LogP contribution in [0.5, 0.6) is 17.2 Å². The van der Waals surface area contributed by atoms with Gasteiger partial charge in [0.2, 0.25) is 5.78 Å². The smallest absolute Gasteiger partial charge is 0.316 e. The van der Waals surface area contributed by atoms with Crippen molar-refractivity contribution in [3.05, 3.63) is 51.6 Å². The van der Waals surface area contributed by atoms with E-state index in [-0.39, 0.29) is 59.5 Å². The summed E-state index contributed by atoms with van der Waals surface area (Å²) in [5.74, 6) is -6.21. The summed E-state index contributed by atoms with van der Waals surface area (Å²) in [5, 5.41) is 56.2. The summed E-state index contributed by atoms with van der Waals surface area (Å²) >= 11 is 0. The minimum Gasteiger partial charge on any atom is -0.507 e. The summed E-state index contributed by atoms with van der Waals surface area (Å²) in [6, 6.07) is 3.91. The SMILES string of the molecule is CC[C@@]1(O)C[C@H](O[C@H]2CC[C@H](O[C@H]3CC[C@H](O[C@H]4CC[C@H](O)[C@H](C)O4)[C@H](C)O3)[C@H](C)O2)c2c(O)c3c(c(O)c2[C@H]1C(=O)OC)C(=O)c1cccc(O)c1C3=O. The fourth-order valence-electron chi connectivity index (χ4n) is 8.81. The Kier molecular flexibility index (Phi) is 11.0. The molecule has 5 N–H and O–H groups in total. The number of hydrogen-bond acceptors (Lipinski definition) is 15. The van der Waals surface area contributed by atoms with Crippen LogP contribution in [0.2, 0.25) is 0 Å². The fraction of sp³-hybridized carbons (Fsp3) is 0.625. The zero-order chi connectivity index (χ0) is 39.5. The third-order valence-corrected chi connectivity index (χ3v) is 12.0. The van der Waals surface area contributed by atoms with Crippen LogP contribution in [0.25, 0.3) is 0 Å². The highest BCUT2D eigenvalue weighted by Crippen LogP contribution is 2.57. The number of ketones is 2. The number of fused-ring (bicyclic) bond motifs is 3. The summed E-state index contributed by atoms with van der Waals surface area (Å²) in [7, 11) is 1.12. The van der Waals surface area contributed by atoms with Gasteiger partial charge in [-0.25, -0.2) is 0 Å². The van der Waals surface area contributed by atoms with Gasteiger partial charge in [0.25, 0.3) is 0 Å². The molecule has 0 saturated carbocycles. The number of phenolic OH excluding ortho intramolecular Hbond substituents is 3. The molecule has 0 spiro atoms. The van der Waals surface area contributed by atoms with Gasteiger partial charge in [-0.05, 0) is 52.5 Å². The maximum Gasteiger partial charge on any atom is 0.316 e. The standard InChI is InChI=1S/C40H50O15/c1-6-40(48)16-25(30-31(34(40)39(47)49-5)38(46)32-33(37(30)45)36(44)29-20(35(32)43)8-7-9-22(29)42)55-28-15-12-24(19(4)52-28)54-27-14-11-23(18(3)51-27)53-26-13-10-21(41)17(2)50-26/h7-9,17-19,21,23-28,34,41-42,45-46,48H,6,10-16H2,1-5H3/t17-,18-,19-,21-,23-,24-,25-,26-,27-,28-,34-,40+/m0/s1. The topological polar surface area (TPSA) is 217 Å². The molecule has 0 bridgehead atoms. The molecular formula is C40H50O15. The number of methoxy groups -OCH3 is 1. The number of aliphatic hydroxyl groups is 2. The molecule has 0 radical (unpaired) electrons. The van der Waals surface area contributed by atoms with E-state index in [2.05, 4.69) is 0 Å². The minimum absolute atomic E-state index is 0.00753. The molecule has 2 aromatic rings. The lowest BCUT2D eigenvalue weighted by atomic mass is 9.66. The molecule has 3 fully saturated rings. The van der Waals surface area contributed by atoms with Gasteiger partial charge in [-0.3, -0.25) is 14.4 Å². The van der Waals surface area contributed by atoms with Crippen molar-refractivity contribution in [1.82, 2.24) is 0 Å². The van der Waals surface area contributed by atoms with Crippen LogP contribution in [0.15, 0.2) is 18.2 Å². The lowest BCUT2D eigenvalue weighted by Gasteiger charge is -2.45. The predicted molar refractivity (Wildman–Crippen MR) is 190 cm³/mol. The fourth-order valence-corrected chi connectivity index (χ4v) is 8.81. The molecule has 12 atom stereocenters. The molecule has 15 heteroatoms. The number of benzene rings is 2. The number of phenols is 3. The lowest BCUT2D eigenvalue weighted by Crippen LogP contribution is -2.49.